The Morgan fingerprint density at radius 2 is 1.37 bits per heavy atom. The lowest BCUT2D eigenvalue weighted by Crippen LogP contribution is -2.66. The lowest BCUT2D eigenvalue weighted by atomic mass is 9.88. The van der Waals surface area contributed by atoms with Crippen molar-refractivity contribution < 1.29 is 18.6 Å². The van der Waals surface area contributed by atoms with E-state index in [1.165, 1.54) is 10.4 Å². The molecule has 4 atom stereocenters. The van der Waals surface area contributed by atoms with E-state index in [1.807, 2.05) is 31.2 Å². The van der Waals surface area contributed by atoms with Crippen LogP contribution in [0, 0.1) is 23.7 Å². The molecule has 0 amide bonds. The molecule has 0 saturated carbocycles. The molecule has 0 aromatic heterocycles. The first-order valence-electron chi connectivity index (χ1n) is 14.6. The summed E-state index contributed by atoms with van der Waals surface area (Å²) < 4.78 is 25.1. The van der Waals surface area contributed by atoms with Crippen LogP contribution in [0.5, 0.6) is 5.75 Å². The van der Waals surface area contributed by atoms with E-state index in [1.54, 1.807) is 14.2 Å². The fourth-order valence-electron chi connectivity index (χ4n) is 5.87. The van der Waals surface area contributed by atoms with Crippen molar-refractivity contribution in [2.75, 3.05) is 20.8 Å². The van der Waals surface area contributed by atoms with Gasteiger partial charge in [0.1, 0.15) is 5.75 Å². The molecule has 220 valence electrons. The van der Waals surface area contributed by atoms with Crippen LogP contribution in [0.25, 0.3) is 0 Å². The highest BCUT2D eigenvalue weighted by atomic mass is 28.4. The van der Waals surface area contributed by atoms with E-state index in [4.69, 9.17) is 18.6 Å². The van der Waals surface area contributed by atoms with Gasteiger partial charge in [0.25, 0.3) is 8.32 Å². The van der Waals surface area contributed by atoms with E-state index in [0.717, 1.165) is 17.7 Å². The van der Waals surface area contributed by atoms with E-state index < -0.39 is 8.32 Å². The molecular weight excluding hydrogens is 524 g/mol. The minimum atomic E-state index is -2.61. The highest BCUT2D eigenvalue weighted by Crippen LogP contribution is 2.37. The maximum atomic E-state index is 7.17. The number of benzene rings is 3. The van der Waals surface area contributed by atoms with Crippen molar-refractivity contribution in [3.8, 4) is 17.6 Å². The van der Waals surface area contributed by atoms with Crippen LogP contribution in [0.2, 0.25) is 5.04 Å². The number of methoxy groups -OCH3 is 2. The Kier molecular flexibility index (Phi) is 12.2. The van der Waals surface area contributed by atoms with Crippen LogP contribution in [0.15, 0.2) is 84.9 Å². The summed E-state index contributed by atoms with van der Waals surface area (Å²) in [7, 11) is 0.858. The van der Waals surface area contributed by atoms with Crippen LogP contribution >= 0.6 is 0 Å². The molecule has 3 aromatic rings. The standard InChI is InChI=1S/C36H48O4Si/c1-9-16-28(2)35(39-27-30-21-23-31(37-7)24-22-30)29(3)34(38-8)25-26-40-41(36(4,5)6,32-17-12-10-13-18-32)33-19-14-11-15-20-33/h10-15,17-24,28-29,34-35H,25-27H2,1-8H3/t28-,29-,34-,35-/m1/s1. The molecule has 0 N–H and O–H groups in total. The quantitative estimate of drug-likeness (QED) is 0.156. The van der Waals surface area contributed by atoms with Gasteiger partial charge >= 0.3 is 0 Å². The minimum Gasteiger partial charge on any atom is -0.497 e. The highest BCUT2D eigenvalue weighted by molar-refractivity contribution is 6.99. The maximum absolute atomic E-state index is 7.17. The second-order valence-corrected chi connectivity index (χ2v) is 16.0. The van der Waals surface area contributed by atoms with Crippen molar-refractivity contribution in [1.29, 1.82) is 0 Å². The molecule has 0 aliphatic heterocycles. The van der Waals surface area contributed by atoms with Crippen molar-refractivity contribution in [3.05, 3.63) is 90.5 Å². The van der Waals surface area contributed by atoms with Gasteiger partial charge in [-0.1, -0.05) is 106 Å². The van der Waals surface area contributed by atoms with Gasteiger partial charge in [0, 0.05) is 25.6 Å². The Balaban J connectivity index is 1.82. The summed E-state index contributed by atoms with van der Waals surface area (Å²) in [5.41, 5.74) is 1.10. The Morgan fingerprint density at radius 1 is 0.805 bits per heavy atom. The summed E-state index contributed by atoms with van der Waals surface area (Å²) >= 11 is 0. The number of ether oxygens (including phenoxy) is 3. The van der Waals surface area contributed by atoms with Crippen molar-refractivity contribution in [1.82, 2.24) is 0 Å². The molecule has 4 nitrogen and oxygen atoms in total. The molecule has 0 saturated heterocycles. The molecule has 0 unspecified atom stereocenters. The Labute approximate surface area is 249 Å². The molecule has 3 rings (SSSR count). The summed E-state index contributed by atoms with van der Waals surface area (Å²) in [4.78, 5) is 0. The van der Waals surface area contributed by atoms with Crippen LogP contribution in [0.4, 0.5) is 0 Å². The third kappa shape index (κ3) is 8.11. The van der Waals surface area contributed by atoms with Crippen molar-refractivity contribution in [2.45, 2.75) is 71.8 Å². The van der Waals surface area contributed by atoms with E-state index in [9.17, 15) is 0 Å². The molecule has 0 aliphatic carbocycles. The lowest BCUT2D eigenvalue weighted by molar-refractivity contribution is -0.0699. The average Bonchev–Trinajstić information content (AvgIpc) is 2.98. The molecule has 0 bridgehead atoms. The minimum absolute atomic E-state index is 0.0461. The zero-order valence-corrected chi connectivity index (χ0v) is 27.1. The molecule has 3 aromatic carbocycles. The molecule has 0 fully saturated rings. The Morgan fingerprint density at radius 3 is 1.83 bits per heavy atom. The van der Waals surface area contributed by atoms with Gasteiger partial charge in [-0.3, -0.25) is 0 Å². The second-order valence-electron chi connectivity index (χ2n) is 11.7. The number of rotatable bonds is 14. The molecule has 41 heavy (non-hydrogen) atoms. The molecule has 0 aliphatic rings. The Bertz CT molecular complexity index is 1190. The lowest BCUT2D eigenvalue weighted by Gasteiger charge is -2.43. The first kappa shape index (κ1) is 32.6. The van der Waals surface area contributed by atoms with Crippen LogP contribution in [0.1, 0.15) is 53.5 Å². The topological polar surface area (TPSA) is 36.9 Å². The molecule has 0 spiro atoms. The monoisotopic (exact) mass is 572 g/mol. The molecule has 5 heteroatoms. The summed E-state index contributed by atoms with van der Waals surface area (Å²) in [5.74, 6) is 7.42. The van der Waals surface area contributed by atoms with Gasteiger partial charge in [-0.2, -0.15) is 0 Å². The summed E-state index contributed by atoms with van der Waals surface area (Å²) in [6, 6.07) is 29.6. The Hall–Kier alpha value is -2.88. The van der Waals surface area contributed by atoms with Crippen LogP contribution < -0.4 is 15.1 Å². The van der Waals surface area contributed by atoms with Gasteiger partial charge in [-0.15, -0.1) is 5.92 Å². The molecule has 0 heterocycles. The van der Waals surface area contributed by atoms with E-state index in [0.29, 0.717) is 13.2 Å². The maximum Gasteiger partial charge on any atom is 0.261 e. The summed E-state index contributed by atoms with van der Waals surface area (Å²) in [5, 5.41) is 2.50. The zero-order valence-electron chi connectivity index (χ0n) is 26.1. The average molecular weight is 573 g/mol. The van der Waals surface area contributed by atoms with Crippen molar-refractivity contribution in [3.63, 3.8) is 0 Å². The van der Waals surface area contributed by atoms with Gasteiger partial charge in [-0.05, 0) is 53.4 Å². The third-order valence-corrected chi connectivity index (χ3v) is 13.1. The van der Waals surface area contributed by atoms with Crippen LogP contribution in [0.3, 0.4) is 0 Å². The SMILES string of the molecule is CC#C[C@@H](C)[C@@H](OCc1ccc(OC)cc1)[C@H](C)[C@@H](CCO[Si](c1ccccc1)(c1ccccc1)C(C)(C)C)OC. The summed E-state index contributed by atoms with van der Waals surface area (Å²) in [6.45, 7) is 14.3. The number of hydrogen-bond acceptors (Lipinski definition) is 4. The normalized spacial score (nSPS) is 14.8. The molecular formula is C36H48O4Si. The first-order valence-corrected chi connectivity index (χ1v) is 16.5. The second kappa shape index (κ2) is 15.4. The predicted octanol–water partition coefficient (Wildman–Crippen LogP) is 6.86. The van der Waals surface area contributed by atoms with Gasteiger partial charge in [0.05, 0.1) is 25.9 Å². The van der Waals surface area contributed by atoms with Crippen molar-refractivity contribution >= 4 is 18.7 Å². The van der Waals surface area contributed by atoms with Gasteiger partial charge in [0.2, 0.25) is 0 Å². The number of hydrogen-bond donors (Lipinski definition) is 0. The van der Waals surface area contributed by atoms with Gasteiger partial charge < -0.3 is 18.6 Å². The van der Waals surface area contributed by atoms with E-state index in [2.05, 4.69) is 107 Å². The predicted molar refractivity (Wildman–Crippen MR) is 172 cm³/mol. The highest BCUT2D eigenvalue weighted by Gasteiger charge is 2.50. The van der Waals surface area contributed by atoms with Gasteiger partial charge in [-0.25, -0.2) is 0 Å². The van der Waals surface area contributed by atoms with E-state index >= 15 is 0 Å². The zero-order chi connectivity index (χ0) is 29.9. The molecule has 0 radical (unpaired) electrons. The fourth-order valence-corrected chi connectivity index (χ4v) is 10.5. The third-order valence-electron chi connectivity index (χ3n) is 8.01. The summed E-state index contributed by atoms with van der Waals surface area (Å²) in [6.07, 6.45) is 0.620. The fraction of sp³-hybridized carbons (Fsp3) is 0.444. The first-order chi connectivity index (χ1) is 19.7. The van der Waals surface area contributed by atoms with Crippen LogP contribution in [-0.4, -0.2) is 41.4 Å². The van der Waals surface area contributed by atoms with Crippen LogP contribution in [-0.2, 0) is 20.5 Å². The van der Waals surface area contributed by atoms with Crippen molar-refractivity contribution in [2.24, 2.45) is 11.8 Å². The van der Waals surface area contributed by atoms with Gasteiger partial charge in [0.15, 0.2) is 0 Å². The largest absolute Gasteiger partial charge is 0.497 e. The smallest absolute Gasteiger partial charge is 0.261 e. The van der Waals surface area contributed by atoms with E-state index in [-0.39, 0.29) is 29.1 Å².